The number of ether oxygens (including phenoxy) is 1. The lowest BCUT2D eigenvalue weighted by molar-refractivity contribution is 0.322. The molecule has 0 saturated carbocycles. The second-order valence-corrected chi connectivity index (χ2v) is 4.84. The van der Waals surface area contributed by atoms with Crippen molar-refractivity contribution >= 4 is 22.9 Å². The average Bonchev–Trinajstić information content (AvgIpc) is 2.77. The molecule has 0 aliphatic heterocycles. The first-order chi connectivity index (χ1) is 8.28. The molecule has 0 fully saturated rings. The van der Waals surface area contributed by atoms with Gasteiger partial charge in [-0.2, -0.15) is 5.26 Å². The van der Waals surface area contributed by atoms with Crippen LogP contribution in [0.1, 0.15) is 9.88 Å². The maximum atomic E-state index is 8.66. The smallest absolute Gasteiger partial charge is 0.124 e. The summed E-state index contributed by atoms with van der Waals surface area (Å²) >= 11 is 7.23. The predicted octanol–water partition coefficient (Wildman–Crippen LogP) is 3.29. The normalized spacial score (nSPS) is 9.88. The topological polar surface area (TPSA) is 45.9 Å². The highest BCUT2D eigenvalue weighted by atomic mass is 35.5. The summed E-state index contributed by atoms with van der Waals surface area (Å²) in [5.41, 5.74) is 0. The molecule has 1 aromatic heterocycles. The Bertz CT molecular complexity index is 547. The Hall–Kier alpha value is -1.57. The van der Waals surface area contributed by atoms with Crippen LogP contribution in [0.25, 0.3) is 0 Å². The molecule has 2 rings (SSSR count). The molecule has 0 radical (unpaired) electrons. The number of hydrogen-bond acceptors (Lipinski definition) is 4. The highest BCUT2D eigenvalue weighted by Gasteiger charge is 2.01. The lowest BCUT2D eigenvalue weighted by Crippen LogP contribution is -2.00. The van der Waals surface area contributed by atoms with Crippen LogP contribution < -0.4 is 4.74 Å². The van der Waals surface area contributed by atoms with Crippen LogP contribution in [0.15, 0.2) is 30.5 Å². The fraction of sp³-hybridized carbons (Fsp3) is 0.167. The minimum Gasteiger partial charge on any atom is -0.493 e. The summed E-state index contributed by atoms with van der Waals surface area (Å²) in [5, 5.41) is 10.2. The van der Waals surface area contributed by atoms with Gasteiger partial charge < -0.3 is 4.74 Å². The fourth-order valence-electron chi connectivity index (χ4n) is 1.29. The summed E-state index contributed by atoms with van der Waals surface area (Å²) < 4.78 is 5.53. The summed E-state index contributed by atoms with van der Waals surface area (Å²) in [6, 6.07) is 9.33. The standard InChI is InChI=1S/C12H9ClN2OS/c13-9-2-1-3-10(6-9)16-5-4-12-15-8-11(7-14)17-12/h1-3,6,8H,4-5H2. The van der Waals surface area contributed by atoms with Crippen LogP contribution in [0.4, 0.5) is 0 Å². The van der Waals surface area contributed by atoms with Gasteiger partial charge in [0.15, 0.2) is 0 Å². The maximum absolute atomic E-state index is 8.66. The van der Waals surface area contributed by atoms with E-state index < -0.39 is 0 Å². The van der Waals surface area contributed by atoms with Crippen molar-refractivity contribution in [2.75, 3.05) is 6.61 Å². The summed E-state index contributed by atoms with van der Waals surface area (Å²) in [4.78, 5) is 4.75. The first kappa shape index (κ1) is 11.9. The predicted molar refractivity (Wildman–Crippen MR) is 67.5 cm³/mol. The van der Waals surface area contributed by atoms with Crippen molar-refractivity contribution in [3.05, 3.63) is 45.4 Å². The van der Waals surface area contributed by atoms with E-state index in [2.05, 4.69) is 11.1 Å². The highest BCUT2D eigenvalue weighted by Crippen LogP contribution is 2.18. The van der Waals surface area contributed by atoms with E-state index in [0.29, 0.717) is 22.9 Å². The van der Waals surface area contributed by atoms with Crippen molar-refractivity contribution in [2.24, 2.45) is 0 Å². The van der Waals surface area contributed by atoms with E-state index in [-0.39, 0.29) is 0 Å². The van der Waals surface area contributed by atoms with E-state index in [1.165, 1.54) is 11.3 Å². The Morgan fingerprint density at radius 3 is 3.06 bits per heavy atom. The number of hydrogen-bond donors (Lipinski definition) is 0. The SMILES string of the molecule is N#Cc1cnc(CCOc2cccc(Cl)c2)s1. The molecule has 0 aliphatic rings. The first-order valence-electron chi connectivity index (χ1n) is 5.01. The van der Waals surface area contributed by atoms with Crippen molar-refractivity contribution in [1.82, 2.24) is 4.98 Å². The Morgan fingerprint density at radius 1 is 1.47 bits per heavy atom. The van der Waals surface area contributed by atoms with Crippen LogP contribution in [-0.2, 0) is 6.42 Å². The molecule has 0 saturated heterocycles. The van der Waals surface area contributed by atoms with Crippen LogP contribution in [0.5, 0.6) is 5.75 Å². The number of nitriles is 1. The maximum Gasteiger partial charge on any atom is 0.124 e. The summed E-state index contributed by atoms with van der Waals surface area (Å²) in [6.45, 7) is 0.527. The van der Waals surface area contributed by atoms with Gasteiger partial charge in [-0.05, 0) is 18.2 Å². The van der Waals surface area contributed by atoms with Gasteiger partial charge in [0.2, 0.25) is 0 Å². The zero-order valence-corrected chi connectivity index (χ0v) is 10.5. The molecule has 17 heavy (non-hydrogen) atoms. The molecular formula is C12H9ClN2OS. The number of nitrogens with zero attached hydrogens (tertiary/aromatic N) is 2. The molecule has 1 heterocycles. The largest absolute Gasteiger partial charge is 0.493 e. The zero-order chi connectivity index (χ0) is 12.1. The molecule has 0 spiro atoms. The highest BCUT2D eigenvalue weighted by molar-refractivity contribution is 7.12. The van der Waals surface area contributed by atoms with E-state index in [1.54, 1.807) is 18.3 Å². The van der Waals surface area contributed by atoms with Crippen LogP contribution >= 0.6 is 22.9 Å². The minimum atomic E-state index is 0.527. The van der Waals surface area contributed by atoms with E-state index >= 15 is 0 Å². The third-order valence-electron chi connectivity index (χ3n) is 2.04. The number of aromatic nitrogens is 1. The molecular weight excluding hydrogens is 256 g/mol. The summed E-state index contributed by atoms with van der Waals surface area (Å²) in [6.07, 6.45) is 2.28. The van der Waals surface area contributed by atoms with Crippen molar-refractivity contribution in [3.8, 4) is 11.8 Å². The van der Waals surface area contributed by atoms with Crippen LogP contribution in [0.2, 0.25) is 5.02 Å². The fourth-order valence-corrected chi connectivity index (χ4v) is 2.17. The molecule has 0 amide bonds. The van der Waals surface area contributed by atoms with E-state index in [0.717, 1.165) is 10.8 Å². The van der Waals surface area contributed by atoms with E-state index in [4.69, 9.17) is 21.6 Å². The Kier molecular flexibility index (Phi) is 3.97. The van der Waals surface area contributed by atoms with Gasteiger partial charge in [0.1, 0.15) is 16.7 Å². The molecule has 0 aliphatic carbocycles. The lowest BCUT2D eigenvalue weighted by Gasteiger charge is -2.04. The van der Waals surface area contributed by atoms with Gasteiger partial charge in [-0.25, -0.2) is 4.98 Å². The van der Waals surface area contributed by atoms with Gasteiger partial charge in [0, 0.05) is 11.4 Å². The summed E-state index contributed by atoms with van der Waals surface area (Å²) in [7, 11) is 0. The van der Waals surface area contributed by atoms with Gasteiger partial charge in [-0.3, -0.25) is 0 Å². The van der Waals surface area contributed by atoms with E-state index in [9.17, 15) is 0 Å². The van der Waals surface area contributed by atoms with Crippen LogP contribution in [0.3, 0.4) is 0 Å². The molecule has 1 aromatic carbocycles. The molecule has 0 atom stereocenters. The van der Waals surface area contributed by atoms with Gasteiger partial charge in [-0.15, -0.1) is 11.3 Å². The van der Waals surface area contributed by atoms with Crippen LogP contribution in [0, 0.1) is 11.3 Å². The lowest BCUT2D eigenvalue weighted by atomic mass is 10.3. The number of rotatable bonds is 4. The number of halogens is 1. The Morgan fingerprint density at radius 2 is 2.35 bits per heavy atom. The minimum absolute atomic E-state index is 0.527. The molecule has 0 unspecified atom stereocenters. The van der Waals surface area contributed by atoms with Crippen molar-refractivity contribution in [1.29, 1.82) is 5.26 Å². The second kappa shape index (κ2) is 5.67. The van der Waals surface area contributed by atoms with Gasteiger partial charge in [0.05, 0.1) is 17.8 Å². The zero-order valence-electron chi connectivity index (χ0n) is 8.89. The number of benzene rings is 1. The third kappa shape index (κ3) is 3.45. The van der Waals surface area contributed by atoms with Crippen molar-refractivity contribution in [2.45, 2.75) is 6.42 Å². The first-order valence-corrected chi connectivity index (χ1v) is 6.20. The Balaban J connectivity index is 1.85. The van der Waals surface area contributed by atoms with Crippen molar-refractivity contribution in [3.63, 3.8) is 0 Å². The molecule has 86 valence electrons. The molecule has 5 heteroatoms. The molecule has 3 nitrogen and oxygen atoms in total. The quantitative estimate of drug-likeness (QED) is 0.851. The number of thiazole rings is 1. The second-order valence-electron chi connectivity index (χ2n) is 3.29. The molecule has 2 aromatic rings. The van der Waals surface area contributed by atoms with E-state index in [1.807, 2.05) is 12.1 Å². The monoisotopic (exact) mass is 264 g/mol. The van der Waals surface area contributed by atoms with Gasteiger partial charge in [-0.1, -0.05) is 17.7 Å². The molecule has 0 bridgehead atoms. The van der Waals surface area contributed by atoms with Crippen LogP contribution in [-0.4, -0.2) is 11.6 Å². The third-order valence-corrected chi connectivity index (χ3v) is 3.24. The van der Waals surface area contributed by atoms with Gasteiger partial charge in [0.25, 0.3) is 0 Å². The average molecular weight is 265 g/mol. The molecule has 0 N–H and O–H groups in total. The Labute approximate surface area is 108 Å². The van der Waals surface area contributed by atoms with Gasteiger partial charge >= 0.3 is 0 Å². The summed E-state index contributed by atoms with van der Waals surface area (Å²) in [5.74, 6) is 0.745. The van der Waals surface area contributed by atoms with Crippen molar-refractivity contribution < 1.29 is 4.74 Å².